The molecule has 172 valence electrons. The molecular formula is C26H29FN4O2. The Balaban J connectivity index is 1.15. The quantitative estimate of drug-likeness (QED) is 0.770. The van der Waals surface area contributed by atoms with Gasteiger partial charge < -0.3 is 10.2 Å². The van der Waals surface area contributed by atoms with Gasteiger partial charge in [-0.2, -0.15) is 0 Å². The SMILES string of the molecule is O=C(Cc1ccc(F)cc1)N1CCc2c(ncnc2NC(=O)C23CC4CC(CC(C4)C2)C3)C1. The fourth-order valence-electron chi connectivity index (χ4n) is 7.19. The Kier molecular flexibility index (Phi) is 4.96. The fraction of sp³-hybridized carbons (Fsp3) is 0.538. The molecule has 5 aliphatic rings. The third-order valence-corrected chi connectivity index (χ3v) is 8.38. The van der Waals surface area contributed by atoms with Crippen molar-refractivity contribution in [2.75, 3.05) is 11.9 Å². The van der Waals surface area contributed by atoms with Crippen LogP contribution >= 0.6 is 0 Å². The van der Waals surface area contributed by atoms with Crippen molar-refractivity contribution in [2.45, 2.75) is 57.9 Å². The van der Waals surface area contributed by atoms with Crippen LogP contribution in [0.1, 0.15) is 55.3 Å². The van der Waals surface area contributed by atoms with Crippen molar-refractivity contribution in [3.8, 4) is 0 Å². The van der Waals surface area contributed by atoms with Crippen molar-refractivity contribution in [1.29, 1.82) is 0 Å². The number of carbonyl (C=O) groups is 2. The normalized spacial score (nSPS) is 29.6. The lowest BCUT2D eigenvalue weighted by Gasteiger charge is -2.55. The van der Waals surface area contributed by atoms with Crippen LogP contribution < -0.4 is 5.32 Å². The minimum absolute atomic E-state index is 0.00924. The third kappa shape index (κ3) is 3.81. The van der Waals surface area contributed by atoms with E-state index in [9.17, 15) is 14.0 Å². The molecule has 2 amide bonds. The summed E-state index contributed by atoms with van der Waals surface area (Å²) in [7, 11) is 0. The van der Waals surface area contributed by atoms with Crippen molar-refractivity contribution in [3.63, 3.8) is 0 Å². The average molecular weight is 449 g/mol. The van der Waals surface area contributed by atoms with Crippen LogP contribution in [0.25, 0.3) is 0 Å². The highest BCUT2D eigenvalue weighted by molar-refractivity contribution is 5.95. The predicted octanol–water partition coefficient (Wildman–Crippen LogP) is 3.90. The summed E-state index contributed by atoms with van der Waals surface area (Å²) < 4.78 is 13.1. The van der Waals surface area contributed by atoms with E-state index in [1.54, 1.807) is 17.0 Å². The summed E-state index contributed by atoms with van der Waals surface area (Å²) in [5.74, 6) is 2.57. The van der Waals surface area contributed by atoms with Gasteiger partial charge in [0, 0.05) is 12.1 Å². The molecule has 7 heteroatoms. The summed E-state index contributed by atoms with van der Waals surface area (Å²) in [6, 6.07) is 6.04. The lowest BCUT2D eigenvalue weighted by molar-refractivity contribution is -0.140. The number of anilines is 1. The van der Waals surface area contributed by atoms with E-state index in [1.807, 2.05) is 0 Å². The minimum atomic E-state index is -0.307. The zero-order valence-corrected chi connectivity index (χ0v) is 18.7. The minimum Gasteiger partial charge on any atom is -0.336 e. The summed E-state index contributed by atoms with van der Waals surface area (Å²) in [5, 5.41) is 3.19. The molecule has 1 N–H and O–H groups in total. The second-order valence-corrected chi connectivity index (χ2v) is 10.7. The van der Waals surface area contributed by atoms with Crippen molar-refractivity contribution in [2.24, 2.45) is 23.2 Å². The van der Waals surface area contributed by atoms with Gasteiger partial charge in [-0.25, -0.2) is 14.4 Å². The van der Waals surface area contributed by atoms with Gasteiger partial charge in [0.2, 0.25) is 11.8 Å². The monoisotopic (exact) mass is 448 g/mol. The lowest BCUT2D eigenvalue weighted by atomic mass is 9.49. The van der Waals surface area contributed by atoms with E-state index in [0.29, 0.717) is 43.1 Å². The number of nitrogens with one attached hydrogen (secondary N) is 1. The van der Waals surface area contributed by atoms with Gasteiger partial charge >= 0.3 is 0 Å². The summed E-state index contributed by atoms with van der Waals surface area (Å²) in [6.07, 6.45) is 9.29. The maximum atomic E-state index is 13.5. The largest absolute Gasteiger partial charge is 0.336 e. The number of hydrogen-bond acceptors (Lipinski definition) is 4. The van der Waals surface area contributed by atoms with E-state index in [4.69, 9.17) is 0 Å². The molecule has 1 aromatic carbocycles. The third-order valence-electron chi connectivity index (χ3n) is 8.38. The smallest absolute Gasteiger partial charge is 0.231 e. The number of carbonyl (C=O) groups excluding carboxylic acids is 2. The summed E-state index contributed by atoms with van der Waals surface area (Å²) in [6.45, 7) is 0.957. The number of rotatable bonds is 4. The average Bonchev–Trinajstić information content (AvgIpc) is 2.79. The standard InChI is InChI=1S/C26H29FN4O2/c27-20-3-1-16(2-4-20)10-23(32)31-6-5-21-22(14-31)28-15-29-24(21)30-25(33)26-11-17-7-18(12-26)9-19(8-17)13-26/h1-4,15,17-19H,5-14H2,(H,28,29,30,33). The van der Waals surface area contributed by atoms with E-state index >= 15 is 0 Å². The van der Waals surface area contributed by atoms with Gasteiger partial charge in [-0.15, -0.1) is 0 Å². The van der Waals surface area contributed by atoms with Crippen LogP contribution in [-0.2, 0) is 29.0 Å². The van der Waals surface area contributed by atoms with E-state index in [0.717, 1.165) is 36.1 Å². The number of benzene rings is 1. The molecule has 4 bridgehead atoms. The van der Waals surface area contributed by atoms with Crippen LogP contribution in [0.5, 0.6) is 0 Å². The van der Waals surface area contributed by atoms with Crippen molar-refractivity contribution < 1.29 is 14.0 Å². The van der Waals surface area contributed by atoms with Crippen molar-refractivity contribution >= 4 is 17.6 Å². The fourth-order valence-corrected chi connectivity index (χ4v) is 7.19. The van der Waals surface area contributed by atoms with Gasteiger partial charge in [-0.3, -0.25) is 9.59 Å². The lowest BCUT2D eigenvalue weighted by Crippen LogP contribution is -2.52. The molecule has 7 rings (SSSR count). The Labute approximate surface area is 193 Å². The molecule has 4 fully saturated rings. The van der Waals surface area contributed by atoms with E-state index < -0.39 is 0 Å². The van der Waals surface area contributed by atoms with Crippen LogP contribution in [0.4, 0.5) is 10.2 Å². The number of hydrogen-bond donors (Lipinski definition) is 1. The molecule has 1 aromatic heterocycles. The number of aromatic nitrogens is 2. The first kappa shape index (κ1) is 20.8. The van der Waals surface area contributed by atoms with Crippen LogP contribution in [0.2, 0.25) is 0 Å². The molecule has 0 spiro atoms. The zero-order valence-electron chi connectivity index (χ0n) is 18.7. The van der Waals surface area contributed by atoms with Crippen LogP contribution in [0, 0.1) is 29.0 Å². The van der Waals surface area contributed by atoms with E-state index in [1.165, 1.54) is 37.7 Å². The highest BCUT2D eigenvalue weighted by Crippen LogP contribution is 2.60. The second kappa shape index (κ2) is 7.89. The topological polar surface area (TPSA) is 75.2 Å². The van der Waals surface area contributed by atoms with E-state index in [-0.39, 0.29) is 29.5 Å². The molecule has 0 saturated heterocycles. The molecule has 2 aromatic rings. The first-order valence-corrected chi connectivity index (χ1v) is 12.1. The first-order chi connectivity index (χ1) is 16.0. The van der Waals surface area contributed by atoms with Crippen LogP contribution in [0.15, 0.2) is 30.6 Å². The maximum absolute atomic E-state index is 13.5. The first-order valence-electron chi connectivity index (χ1n) is 12.1. The van der Waals surface area contributed by atoms with Gasteiger partial charge in [0.05, 0.1) is 24.1 Å². The molecule has 0 radical (unpaired) electrons. The van der Waals surface area contributed by atoms with Gasteiger partial charge in [0.25, 0.3) is 0 Å². The van der Waals surface area contributed by atoms with Gasteiger partial charge in [0.15, 0.2) is 0 Å². The molecule has 2 heterocycles. The Morgan fingerprint density at radius 2 is 1.70 bits per heavy atom. The van der Waals surface area contributed by atoms with Gasteiger partial charge in [0.1, 0.15) is 18.0 Å². The zero-order chi connectivity index (χ0) is 22.6. The molecule has 0 unspecified atom stereocenters. The van der Waals surface area contributed by atoms with Crippen molar-refractivity contribution in [1.82, 2.24) is 14.9 Å². The molecule has 4 saturated carbocycles. The Hall–Kier alpha value is -2.83. The molecule has 33 heavy (non-hydrogen) atoms. The maximum Gasteiger partial charge on any atom is 0.231 e. The highest BCUT2D eigenvalue weighted by atomic mass is 19.1. The second-order valence-electron chi connectivity index (χ2n) is 10.7. The molecule has 4 aliphatic carbocycles. The number of nitrogens with zero attached hydrogens (tertiary/aromatic N) is 3. The Morgan fingerprint density at radius 1 is 1.03 bits per heavy atom. The predicted molar refractivity (Wildman–Crippen MR) is 120 cm³/mol. The summed E-state index contributed by atoms with van der Waals surface area (Å²) in [5.41, 5.74) is 2.31. The molecule has 1 aliphatic heterocycles. The Bertz CT molecular complexity index is 1060. The summed E-state index contributed by atoms with van der Waals surface area (Å²) in [4.78, 5) is 36.9. The number of halogens is 1. The van der Waals surface area contributed by atoms with E-state index in [2.05, 4.69) is 15.3 Å². The van der Waals surface area contributed by atoms with Crippen LogP contribution in [0.3, 0.4) is 0 Å². The number of amides is 2. The van der Waals surface area contributed by atoms with Crippen molar-refractivity contribution in [3.05, 3.63) is 53.2 Å². The van der Waals surface area contributed by atoms with Crippen LogP contribution in [-0.4, -0.2) is 33.2 Å². The summed E-state index contributed by atoms with van der Waals surface area (Å²) >= 11 is 0. The molecular weight excluding hydrogens is 419 g/mol. The van der Waals surface area contributed by atoms with Gasteiger partial charge in [-0.1, -0.05) is 12.1 Å². The Morgan fingerprint density at radius 3 is 2.36 bits per heavy atom. The van der Waals surface area contributed by atoms with Gasteiger partial charge in [-0.05, 0) is 80.4 Å². The highest BCUT2D eigenvalue weighted by Gasteiger charge is 2.54. The molecule has 6 nitrogen and oxygen atoms in total. The molecule has 0 atom stereocenters. The number of fused-ring (bicyclic) bond motifs is 1.